The van der Waals surface area contributed by atoms with Crippen molar-refractivity contribution in [3.05, 3.63) is 52.0 Å². The number of rotatable bonds is 5. The zero-order chi connectivity index (χ0) is 25.7. The van der Waals surface area contributed by atoms with Crippen LogP contribution in [-0.2, 0) is 9.31 Å². The fourth-order valence-corrected chi connectivity index (χ4v) is 3.42. The third-order valence-corrected chi connectivity index (χ3v) is 5.93. The Labute approximate surface area is 212 Å². The van der Waals surface area contributed by atoms with E-state index in [0.717, 1.165) is 9.94 Å². The van der Waals surface area contributed by atoms with Gasteiger partial charge >= 0.3 is 7.12 Å². The van der Waals surface area contributed by atoms with Gasteiger partial charge in [0.15, 0.2) is 0 Å². The summed E-state index contributed by atoms with van der Waals surface area (Å²) < 4.78 is 24.0. The van der Waals surface area contributed by atoms with Gasteiger partial charge < -0.3 is 18.8 Å². The van der Waals surface area contributed by atoms with Crippen LogP contribution >= 0.6 is 15.9 Å². The maximum Gasteiger partial charge on any atom is 0.494 e. The molecule has 1 aliphatic rings. The van der Waals surface area contributed by atoms with Crippen molar-refractivity contribution in [2.24, 2.45) is 0 Å². The lowest BCUT2D eigenvalue weighted by Crippen LogP contribution is -2.41. The van der Waals surface area contributed by atoms with Crippen molar-refractivity contribution in [3.63, 3.8) is 0 Å². The summed E-state index contributed by atoms with van der Waals surface area (Å²) in [4.78, 5) is 0. The molecule has 0 spiro atoms. The van der Waals surface area contributed by atoms with Gasteiger partial charge in [-0.1, -0.05) is 22.0 Å². The second-order valence-corrected chi connectivity index (χ2v) is 10.5. The van der Waals surface area contributed by atoms with E-state index in [1.54, 1.807) is 24.3 Å². The minimum Gasteiger partial charge on any atom is -0.490 e. The van der Waals surface area contributed by atoms with E-state index in [-0.39, 0.29) is 12.2 Å². The molecule has 3 rings (SSSR count). The average Bonchev–Trinajstić information content (AvgIpc) is 2.96. The number of hydrogen-bond acceptors (Lipinski definition) is 6. The van der Waals surface area contributed by atoms with Gasteiger partial charge in [-0.15, -0.1) is 0 Å². The first-order valence-corrected chi connectivity index (χ1v) is 12.0. The Morgan fingerprint density at radius 3 is 1.68 bits per heavy atom. The normalized spacial score (nSPS) is 15.9. The number of benzene rings is 2. The molecule has 0 atom stereocenters. The Morgan fingerprint density at radius 2 is 1.24 bits per heavy atom. The van der Waals surface area contributed by atoms with Gasteiger partial charge in [-0.2, -0.15) is 10.5 Å². The highest BCUT2D eigenvalue weighted by atomic mass is 79.9. The van der Waals surface area contributed by atoms with Crippen molar-refractivity contribution in [2.75, 3.05) is 0 Å². The molecule has 0 saturated carbocycles. The molecule has 1 saturated heterocycles. The van der Waals surface area contributed by atoms with E-state index >= 15 is 0 Å². The molecule has 180 valence electrons. The Morgan fingerprint density at radius 1 is 0.794 bits per heavy atom. The van der Waals surface area contributed by atoms with Gasteiger partial charge in [0.25, 0.3) is 0 Å². The lowest BCUT2D eigenvalue weighted by molar-refractivity contribution is 0.00578. The summed E-state index contributed by atoms with van der Waals surface area (Å²) in [5, 5.41) is 18.1. The molecule has 2 aromatic rings. The topological polar surface area (TPSA) is 84.5 Å². The van der Waals surface area contributed by atoms with Gasteiger partial charge in [-0.25, -0.2) is 0 Å². The molecule has 8 heteroatoms. The Balaban J connectivity index is 0.000000270. The summed E-state index contributed by atoms with van der Waals surface area (Å²) in [6, 6.07) is 15.1. The predicted octanol–water partition coefficient (Wildman–Crippen LogP) is 5.75. The summed E-state index contributed by atoms with van der Waals surface area (Å²) >= 11 is 3.30. The lowest BCUT2D eigenvalue weighted by Gasteiger charge is -2.32. The Kier molecular flexibility index (Phi) is 9.19. The lowest BCUT2D eigenvalue weighted by atomic mass is 9.78. The first-order valence-electron chi connectivity index (χ1n) is 11.2. The SMILES string of the molecule is CC(C)Oc1ccc(B2OC(C)(C)C(C)(C)O2)cc1C#N.CC(C)Oc1ccc(Br)cc1C#N. The summed E-state index contributed by atoms with van der Waals surface area (Å²) in [6.07, 6.45) is 0.119. The van der Waals surface area contributed by atoms with Crippen LogP contribution in [0.5, 0.6) is 11.5 Å². The van der Waals surface area contributed by atoms with Crippen LogP contribution in [0.4, 0.5) is 0 Å². The van der Waals surface area contributed by atoms with Crippen molar-refractivity contribution in [1.29, 1.82) is 10.5 Å². The fourth-order valence-electron chi connectivity index (χ4n) is 3.06. The molecule has 0 aliphatic carbocycles. The van der Waals surface area contributed by atoms with Crippen LogP contribution in [0.25, 0.3) is 0 Å². The van der Waals surface area contributed by atoms with Gasteiger partial charge in [-0.3, -0.25) is 0 Å². The highest BCUT2D eigenvalue weighted by molar-refractivity contribution is 9.10. The molecule has 0 N–H and O–H groups in total. The van der Waals surface area contributed by atoms with Crippen LogP contribution < -0.4 is 14.9 Å². The van der Waals surface area contributed by atoms with Crippen molar-refractivity contribution < 1.29 is 18.8 Å². The Hall–Kier alpha value is -2.52. The fraction of sp³-hybridized carbons (Fsp3) is 0.462. The summed E-state index contributed by atoms with van der Waals surface area (Å²) in [6.45, 7) is 15.8. The molecule has 2 aromatic carbocycles. The maximum absolute atomic E-state index is 9.29. The van der Waals surface area contributed by atoms with Gasteiger partial charge in [0.1, 0.15) is 23.6 Å². The highest BCUT2D eigenvalue weighted by Gasteiger charge is 2.51. The highest BCUT2D eigenvalue weighted by Crippen LogP contribution is 2.36. The molecule has 1 heterocycles. The second kappa shape index (κ2) is 11.3. The summed E-state index contributed by atoms with van der Waals surface area (Å²) in [5.41, 5.74) is 1.11. The van der Waals surface area contributed by atoms with E-state index in [1.165, 1.54) is 0 Å². The van der Waals surface area contributed by atoms with Gasteiger partial charge in [0, 0.05) is 4.47 Å². The molecular formula is C26H32BBrN2O4. The van der Waals surface area contributed by atoms with Crippen LogP contribution in [0.15, 0.2) is 40.9 Å². The van der Waals surface area contributed by atoms with Crippen LogP contribution in [-0.4, -0.2) is 30.5 Å². The number of hydrogen-bond donors (Lipinski definition) is 0. The molecule has 0 unspecified atom stereocenters. The summed E-state index contributed by atoms with van der Waals surface area (Å²) in [7, 11) is -0.463. The Bertz CT molecular complexity index is 1070. The zero-order valence-electron chi connectivity index (χ0n) is 21.1. The first-order chi connectivity index (χ1) is 15.8. The minimum atomic E-state index is -0.463. The second-order valence-electron chi connectivity index (χ2n) is 9.54. The molecule has 0 radical (unpaired) electrons. The first kappa shape index (κ1) is 27.7. The molecule has 1 fully saturated rings. The standard InChI is InChI=1S/C16H22BNO3.C10H10BrNO/c1-11(2)19-14-8-7-13(9-12(14)10-18)17-20-15(3,4)16(5,6)21-17;1-7(2)13-10-4-3-9(11)5-8(10)6-12/h7-9,11H,1-6H3;3-5,7H,1-2H3. The quantitative estimate of drug-likeness (QED) is 0.461. The monoisotopic (exact) mass is 526 g/mol. The van der Waals surface area contributed by atoms with Gasteiger partial charge in [-0.05, 0) is 91.2 Å². The predicted molar refractivity (Wildman–Crippen MR) is 137 cm³/mol. The van der Waals surface area contributed by atoms with Crippen molar-refractivity contribution in [1.82, 2.24) is 0 Å². The summed E-state index contributed by atoms with van der Waals surface area (Å²) in [5.74, 6) is 1.23. The van der Waals surface area contributed by atoms with E-state index in [1.807, 2.05) is 67.5 Å². The molecule has 34 heavy (non-hydrogen) atoms. The molecule has 0 bridgehead atoms. The minimum absolute atomic E-state index is 0.0276. The maximum atomic E-state index is 9.29. The molecular weight excluding hydrogens is 495 g/mol. The number of ether oxygens (including phenoxy) is 2. The number of nitrogens with zero attached hydrogens (tertiary/aromatic N) is 2. The van der Waals surface area contributed by atoms with E-state index in [2.05, 4.69) is 28.1 Å². The van der Waals surface area contributed by atoms with Gasteiger partial charge in [0.05, 0.1) is 34.5 Å². The van der Waals surface area contributed by atoms with E-state index in [9.17, 15) is 5.26 Å². The van der Waals surface area contributed by atoms with Crippen molar-refractivity contribution >= 4 is 28.5 Å². The largest absolute Gasteiger partial charge is 0.494 e. The van der Waals surface area contributed by atoms with Crippen molar-refractivity contribution in [2.45, 2.75) is 78.8 Å². The van der Waals surface area contributed by atoms with Gasteiger partial charge in [0.2, 0.25) is 0 Å². The van der Waals surface area contributed by atoms with E-state index in [4.69, 9.17) is 24.0 Å². The molecule has 6 nitrogen and oxygen atoms in total. The smallest absolute Gasteiger partial charge is 0.490 e. The average molecular weight is 527 g/mol. The molecule has 0 aromatic heterocycles. The third kappa shape index (κ3) is 6.99. The number of nitriles is 2. The molecule has 1 aliphatic heterocycles. The number of halogens is 1. The van der Waals surface area contributed by atoms with E-state index in [0.29, 0.717) is 22.6 Å². The van der Waals surface area contributed by atoms with Crippen LogP contribution in [0.2, 0.25) is 0 Å². The van der Waals surface area contributed by atoms with Crippen LogP contribution in [0, 0.1) is 22.7 Å². The van der Waals surface area contributed by atoms with Crippen LogP contribution in [0.3, 0.4) is 0 Å². The van der Waals surface area contributed by atoms with Crippen LogP contribution in [0.1, 0.15) is 66.5 Å². The zero-order valence-corrected chi connectivity index (χ0v) is 22.7. The molecule has 0 amide bonds. The van der Waals surface area contributed by atoms with Crippen molar-refractivity contribution in [3.8, 4) is 23.6 Å². The third-order valence-electron chi connectivity index (χ3n) is 5.44. The van der Waals surface area contributed by atoms with E-state index < -0.39 is 18.3 Å².